The molecule has 0 unspecified atom stereocenters. The smallest absolute Gasteiger partial charge is 0.241 e. The summed E-state index contributed by atoms with van der Waals surface area (Å²) in [6.45, 7) is 4.95. The van der Waals surface area contributed by atoms with Crippen LogP contribution in [-0.2, 0) is 14.9 Å². The van der Waals surface area contributed by atoms with Gasteiger partial charge in [-0.1, -0.05) is 49.1 Å². The van der Waals surface area contributed by atoms with E-state index in [-0.39, 0.29) is 5.41 Å². The lowest BCUT2D eigenvalue weighted by Gasteiger charge is -2.43. The number of hydrogen-bond acceptors (Lipinski definition) is 4. The summed E-state index contributed by atoms with van der Waals surface area (Å²) in [6, 6.07) is 11.8. The first-order chi connectivity index (χ1) is 15.5. The van der Waals surface area contributed by atoms with E-state index in [0.717, 1.165) is 37.5 Å². The molecule has 5 heteroatoms. The van der Waals surface area contributed by atoms with Crippen LogP contribution in [0.5, 0.6) is 0 Å². The largest absolute Gasteiger partial charge is 0.381 e. The Labute approximate surface area is 196 Å². The molecule has 1 aliphatic carbocycles. The molecule has 1 saturated heterocycles. The number of carbonyl (C=O) groups excluding carboxylic acids is 1. The number of ether oxygens (including phenoxy) is 1. The van der Waals surface area contributed by atoms with E-state index in [1.165, 1.54) is 59.7 Å². The third-order valence-corrected chi connectivity index (χ3v) is 8.37. The molecule has 1 aromatic heterocycles. The van der Waals surface area contributed by atoms with Crippen LogP contribution in [0.15, 0.2) is 36.4 Å². The van der Waals surface area contributed by atoms with Crippen LogP contribution >= 0.6 is 11.3 Å². The fourth-order valence-corrected chi connectivity index (χ4v) is 6.63. The highest BCUT2D eigenvalue weighted by Gasteiger charge is 2.39. The molecular formula is C27H36N2O2S. The number of aryl methyl sites for hydroxylation is 1. The normalized spacial score (nSPS) is 19.6. The number of amides is 1. The van der Waals surface area contributed by atoms with Gasteiger partial charge >= 0.3 is 0 Å². The first-order valence-electron chi connectivity index (χ1n) is 11.9. The second kappa shape index (κ2) is 10.3. The number of likely N-dealkylation sites (N-methyl/N-ethyl adjacent to an activating group) is 1. The summed E-state index contributed by atoms with van der Waals surface area (Å²) in [4.78, 5) is 16.4. The van der Waals surface area contributed by atoms with Gasteiger partial charge in [-0.2, -0.15) is 0 Å². The number of benzene rings is 1. The van der Waals surface area contributed by atoms with E-state index in [9.17, 15) is 4.79 Å². The van der Waals surface area contributed by atoms with Crippen molar-refractivity contribution in [2.24, 2.45) is 5.73 Å². The molecule has 4 rings (SSSR count). The SMILES string of the molecule is Cc1ccc(-c2sc(C=CC(N)=O)cc2C2(CN(C)C3CCOCC3)CCCCC2)cc1. The molecule has 1 aromatic carbocycles. The summed E-state index contributed by atoms with van der Waals surface area (Å²) in [5.74, 6) is -0.400. The Morgan fingerprint density at radius 2 is 1.88 bits per heavy atom. The molecule has 2 fully saturated rings. The van der Waals surface area contributed by atoms with Gasteiger partial charge in [0.2, 0.25) is 5.91 Å². The van der Waals surface area contributed by atoms with Gasteiger partial charge in [0.05, 0.1) is 0 Å². The van der Waals surface area contributed by atoms with Crippen molar-refractivity contribution in [2.75, 3.05) is 26.8 Å². The van der Waals surface area contributed by atoms with Crippen molar-refractivity contribution in [3.63, 3.8) is 0 Å². The minimum absolute atomic E-state index is 0.140. The van der Waals surface area contributed by atoms with Gasteiger partial charge in [0.15, 0.2) is 0 Å². The van der Waals surface area contributed by atoms with Crippen molar-refractivity contribution < 1.29 is 9.53 Å². The average Bonchev–Trinajstić information content (AvgIpc) is 3.24. The van der Waals surface area contributed by atoms with Gasteiger partial charge in [-0.25, -0.2) is 0 Å². The minimum atomic E-state index is -0.400. The molecule has 2 N–H and O–H groups in total. The Morgan fingerprint density at radius 3 is 2.53 bits per heavy atom. The van der Waals surface area contributed by atoms with Gasteiger partial charge in [0, 0.05) is 47.0 Å². The number of hydrogen-bond donors (Lipinski definition) is 1. The molecule has 172 valence electrons. The number of nitrogens with zero attached hydrogens (tertiary/aromatic N) is 1. The Balaban J connectivity index is 1.74. The van der Waals surface area contributed by atoms with Crippen molar-refractivity contribution in [3.8, 4) is 10.4 Å². The average molecular weight is 453 g/mol. The zero-order valence-corrected chi connectivity index (χ0v) is 20.3. The predicted molar refractivity (Wildman–Crippen MR) is 134 cm³/mol. The zero-order chi connectivity index (χ0) is 22.6. The van der Waals surface area contributed by atoms with Gasteiger partial charge in [0.1, 0.15) is 0 Å². The molecular weight excluding hydrogens is 416 g/mol. The highest BCUT2D eigenvalue weighted by atomic mass is 32.1. The van der Waals surface area contributed by atoms with E-state index >= 15 is 0 Å². The lowest BCUT2D eigenvalue weighted by atomic mass is 9.68. The molecule has 2 aliphatic rings. The predicted octanol–water partition coefficient (Wildman–Crippen LogP) is 5.53. The Bertz CT molecular complexity index is 935. The molecule has 0 radical (unpaired) electrons. The quantitative estimate of drug-likeness (QED) is 0.562. The van der Waals surface area contributed by atoms with Gasteiger partial charge < -0.3 is 15.4 Å². The summed E-state index contributed by atoms with van der Waals surface area (Å²) in [6.07, 6.45) is 11.9. The van der Waals surface area contributed by atoms with E-state index in [4.69, 9.17) is 10.5 Å². The second-order valence-corrected chi connectivity index (χ2v) is 10.7. The number of rotatable bonds is 7. The lowest BCUT2D eigenvalue weighted by Crippen LogP contribution is -2.46. The molecule has 0 bridgehead atoms. The Kier molecular flexibility index (Phi) is 7.49. The van der Waals surface area contributed by atoms with Crippen LogP contribution in [-0.4, -0.2) is 43.7 Å². The number of thiophene rings is 1. The molecule has 1 aliphatic heterocycles. The summed E-state index contributed by atoms with van der Waals surface area (Å²) >= 11 is 1.78. The van der Waals surface area contributed by atoms with Gasteiger partial charge in [-0.3, -0.25) is 4.79 Å². The van der Waals surface area contributed by atoms with Crippen LogP contribution in [0.1, 0.15) is 60.9 Å². The fraction of sp³-hybridized carbons (Fsp3) is 0.519. The molecule has 2 heterocycles. The molecule has 1 amide bonds. The summed E-state index contributed by atoms with van der Waals surface area (Å²) < 4.78 is 5.62. The van der Waals surface area contributed by atoms with E-state index in [0.29, 0.717) is 6.04 Å². The van der Waals surface area contributed by atoms with Gasteiger partial charge in [-0.05, 0) is 62.9 Å². The van der Waals surface area contributed by atoms with E-state index in [2.05, 4.69) is 49.2 Å². The first-order valence-corrected chi connectivity index (χ1v) is 12.8. The maximum atomic E-state index is 11.4. The van der Waals surface area contributed by atoms with Crippen molar-refractivity contribution in [1.82, 2.24) is 4.90 Å². The van der Waals surface area contributed by atoms with Crippen molar-refractivity contribution >= 4 is 23.3 Å². The highest BCUT2D eigenvalue weighted by Crippen LogP contribution is 2.48. The zero-order valence-electron chi connectivity index (χ0n) is 19.4. The lowest BCUT2D eigenvalue weighted by molar-refractivity contribution is -0.113. The molecule has 2 aromatic rings. The number of primary amides is 1. The Hall–Kier alpha value is -1.95. The van der Waals surface area contributed by atoms with Crippen molar-refractivity contribution in [3.05, 3.63) is 52.4 Å². The van der Waals surface area contributed by atoms with Crippen LogP contribution in [0.3, 0.4) is 0 Å². The van der Waals surface area contributed by atoms with Crippen LogP contribution in [0.2, 0.25) is 0 Å². The van der Waals surface area contributed by atoms with Crippen LogP contribution < -0.4 is 5.73 Å². The molecule has 0 spiro atoms. The third kappa shape index (κ3) is 5.33. The summed E-state index contributed by atoms with van der Waals surface area (Å²) in [7, 11) is 2.30. The molecule has 32 heavy (non-hydrogen) atoms. The number of carbonyl (C=O) groups is 1. The molecule has 0 atom stereocenters. The number of nitrogens with two attached hydrogens (primary N) is 1. The van der Waals surface area contributed by atoms with Crippen molar-refractivity contribution in [2.45, 2.75) is 63.3 Å². The van der Waals surface area contributed by atoms with Crippen LogP contribution in [0, 0.1) is 6.92 Å². The topological polar surface area (TPSA) is 55.6 Å². The van der Waals surface area contributed by atoms with Crippen LogP contribution in [0.25, 0.3) is 16.5 Å². The summed E-state index contributed by atoms with van der Waals surface area (Å²) in [5.41, 5.74) is 9.53. The minimum Gasteiger partial charge on any atom is -0.381 e. The van der Waals surface area contributed by atoms with Crippen molar-refractivity contribution in [1.29, 1.82) is 0 Å². The molecule has 1 saturated carbocycles. The first kappa shape index (κ1) is 23.2. The standard InChI is InChI=1S/C27H36N2O2S/c1-20-6-8-21(9-7-20)26-24(18-23(32-26)10-11-25(28)30)27(14-4-3-5-15-27)19-29(2)22-12-16-31-17-13-22/h6-11,18,22H,3-5,12-17,19H2,1-2H3,(H2,28,30). The highest BCUT2D eigenvalue weighted by molar-refractivity contribution is 7.16. The maximum absolute atomic E-state index is 11.4. The fourth-order valence-electron chi connectivity index (χ4n) is 5.44. The summed E-state index contributed by atoms with van der Waals surface area (Å²) in [5, 5.41) is 0. The monoisotopic (exact) mass is 452 g/mol. The third-order valence-electron chi connectivity index (χ3n) is 7.23. The van der Waals surface area contributed by atoms with Gasteiger partial charge in [0.25, 0.3) is 0 Å². The van der Waals surface area contributed by atoms with E-state index < -0.39 is 5.91 Å². The maximum Gasteiger partial charge on any atom is 0.241 e. The van der Waals surface area contributed by atoms with Gasteiger partial charge in [-0.15, -0.1) is 11.3 Å². The second-order valence-electron chi connectivity index (χ2n) is 9.59. The van der Waals surface area contributed by atoms with Crippen LogP contribution in [0.4, 0.5) is 0 Å². The van der Waals surface area contributed by atoms with E-state index in [1.54, 1.807) is 11.3 Å². The molecule has 4 nitrogen and oxygen atoms in total. The van der Waals surface area contributed by atoms with E-state index in [1.807, 2.05) is 6.08 Å². The Morgan fingerprint density at radius 1 is 1.19 bits per heavy atom.